The van der Waals surface area contributed by atoms with Crippen LogP contribution in [0.3, 0.4) is 0 Å². The summed E-state index contributed by atoms with van der Waals surface area (Å²) in [6, 6.07) is 30.3. The third-order valence-corrected chi connectivity index (χ3v) is 12.3. The van der Waals surface area contributed by atoms with Crippen molar-refractivity contribution in [3.8, 4) is 17.6 Å². The first-order valence-corrected chi connectivity index (χ1v) is 19.8. The first-order chi connectivity index (χ1) is 25.5. The summed E-state index contributed by atoms with van der Waals surface area (Å²) >= 11 is 1.68. The van der Waals surface area contributed by atoms with Crippen molar-refractivity contribution in [2.24, 2.45) is 0 Å². The summed E-state index contributed by atoms with van der Waals surface area (Å²) in [4.78, 5) is 0. The van der Waals surface area contributed by atoms with Crippen LogP contribution in [0.25, 0.3) is 0 Å². The van der Waals surface area contributed by atoms with E-state index < -0.39 is 44.1 Å². The quantitative estimate of drug-likeness (QED) is 0.0342. The van der Waals surface area contributed by atoms with Crippen molar-refractivity contribution in [3.63, 3.8) is 0 Å². The molecule has 53 heavy (non-hydrogen) atoms. The molecule has 4 aromatic carbocycles. The van der Waals surface area contributed by atoms with E-state index in [1.165, 1.54) is 12.1 Å². The molecule has 12 heteroatoms. The second-order valence-corrected chi connectivity index (χ2v) is 15.7. The molecule has 0 aliphatic carbocycles. The normalized spacial score (nSPS) is 18.1. The van der Waals surface area contributed by atoms with Crippen molar-refractivity contribution in [1.29, 1.82) is 5.26 Å². The molecule has 0 spiro atoms. The molecule has 4 aromatic rings. The van der Waals surface area contributed by atoms with Crippen molar-refractivity contribution in [2.45, 2.75) is 76.5 Å². The van der Waals surface area contributed by atoms with Gasteiger partial charge in [-0.1, -0.05) is 60.7 Å². The largest absolute Gasteiger partial charge is 0.497 e. The molecule has 0 saturated carbocycles. The molecule has 0 N–H and O–H groups in total. The predicted octanol–water partition coefficient (Wildman–Crippen LogP) is 10.1. The minimum Gasteiger partial charge on any atom is -0.497 e. The Morgan fingerprint density at radius 3 is 1.96 bits per heavy atom. The van der Waals surface area contributed by atoms with Crippen LogP contribution in [-0.2, 0) is 24.1 Å². The third kappa shape index (κ3) is 9.37. The lowest BCUT2D eigenvalue weighted by atomic mass is 9.80. The highest BCUT2D eigenvalue weighted by Crippen LogP contribution is 2.51. The SMILES string of the molecule is COc1ccc(C(OC[C@H]2O[C@@H](c3ccc(F)c(I)c3F)C[C@@H]2OP(OCCC#N)N(C(C)C)C(C)C)(c2ccccc2)c2ccc(OC)cc2)cc1. The molecule has 1 heterocycles. The first kappa shape index (κ1) is 41.0. The number of nitrogens with zero attached hydrogens (tertiary/aromatic N) is 2. The van der Waals surface area contributed by atoms with Gasteiger partial charge in [0.15, 0.2) is 0 Å². The third-order valence-electron chi connectivity index (χ3n) is 9.14. The van der Waals surface area contributed by atoms with Crippen LogP contribution >= 0.6 is 31.1 Å². The summed E-state index contributed by atoms with van der Waals surface area (Å²) < 4.78 is 70.1. The molecule has 1 saturated heterocycles. The van der Waals surface area contributed by atoms with Crippen LogP contribution in [-0.4, -0.2) is 56.4 Å². The summed E-state index contributed by atoms with van der Waals surface area (Å²) in [5.41, 5.74) is 1.65. The van der Waals surface area contributed by atoms with Crippen LogP contribution in [0.4, 0.5) is 8.78 Å². The van der Waals surface area contributed by atoms with E-state index in [2.05, 4.69) is 38.4 Å². The van der Waals surface area contributed by atoms with Crippen LogP contribution in [0.1, 0.15) is 68.9 Å². The second-order valence-electron chi connectivity index (χ2n) is 13.2. The molecule has 282 valence electrons. The van der Waals surface area contributed by atoms with Gasteiger partial charge in [-0.2, -0.15) is 5.26 Å². The summed E-state index contributed by atoms with van der Waals surface area (Å²) in [6.45, 7) is 8.47. The first-order valence-electron chi connectivity index (χ1n) is 17.6. The standard InChI is InChI=1S/C41H46F2IN2O6P/c1-27(2)46(28(3)4)53(50-24-10-23-45)52-37-25-36(34-21-22-35(42)40(44)39(34)43)51-38(37)26-49-41(29-11-8-7-9-12-29,30-13-17-32(47-5)18-14-30)31-15-19-33(48-6)20-16-31/h7-9,11-22,27-28,36-38H,10,24-26H2,1-6H3/t36-,37+,38-,53?/m1/s1. The Morgan fingerprint density at radius 1 is 0.868 bits per heavy atom. The Bertz CT molecular complexity index is 1760. The Kier molecular flexibility index (Phi) is 14.6. The van der Waals surface area contributed by atoms with E-state index in [9.17, 15) is 9.65 Å². The van der Waals surface area contributed by atoms with E-state index >= 15 is 4.39 Å². The maximum atomic E-state index is 15.7. The molecule has 0 aromatic heterocycles. The summed E-state index contributed by atoms with van der Waals surface area (Å²) in [7, 11) is 1.57. The minimum absolute atomic E-state index is 0.0265. The van der Waals surface area contributed by atoms with E-state index in [1.807, 2.05) is 78.9 Å². The topological polar surface area (TPSA) is 82.4 Å². The van der Waals surface area contributed by atoms with Crippen molar-refractivity contribution >= 4 is 31.1 Å². The number of ether oxygens (including phenoxy) is 4. The van der Waals surface area contributed by atoms with E-state index in [0.29, 0.717) is 11.5 Å². The van der Waals surface area contributed by atoms with Gasteiger partial charge in [-0.3, -0.25) is 0 Å². The summed E-state index contributed by atoms with van der Waals surface area (Å²) in [5, 5.41) is 9.29. The Morgan fingerprint density at radius 2 is 1.43 bits per heavy atom. The maximum Gasteiger partial charge on any atom is 0.259 e. The lowest BCUT2D eigenvalue weighted by Gasteiger charge is -2.39. The molecule has 8 nitrogen and oxygen atoms in total. The summed E-state index contributed by atoms with van der Waals surface area (Å²) in [6.07, 6.45) is -1.60. The Hall–Kier alpha value is -3.21. The van der Waals surface area contributed by atoms with Gasteiger partial charge < -0.3 is 28.0 Å². The molecule has 1 aliphatic heterocycles. The highest BCUT2D eigenvalue weighted by molar-refractivity contribution is 14.1. The molecule has 1 fully saturated rings. The van der Waals surface area contributed by atoms with Gasteiger partial charge in [-0.25, -0.2) is 13.5 Å². The zero-order valence-electron chi connectivity index (χ0n) is 30.8. The Labute approximate surface area is 326 Å². The highest BCUT2D eigenvalue weighted by Gasteiger charge is 2.45. The molecule has 1 aliphatic rings. The maximum absolute atomic E-state index is 15.7. The number of nitriles is 1. The molecule has 4 atom stereocenters. The van der Waals surface area contributed by atoms with E-state index in [-0.39, 0.29) is 47.3 Å². The van der Waals surface area contributed by atoms with Gasteiger partial charge in [0.05, 0.1) is 55.7 Å². The van der Waals surface area contributed by atoms with Crippen LogP contribution in [0.2, 0.25) is 0 Å². The number of rotatable bonds is 17. The molecule has 0 amide bonds. The summed E-state index contributed by atoms with van der Waals surface area (Å²) in [5.74, 6) is 0.0931. The number of hydrogen-bond acceptors (Lipinski definition) is 8. The van der Waals surface area contributed by atoms with Crippen LogP contribution in [0.5, 0.6) is 11.5 Å². The fraction of sp³-hybridized carbons (Fsp3) is 0.390. The molecule has 1 unspecified atom stereocenters. The zero-order valence-corrected chi connectivity index (χ0v) is 33.9. The van der Waals surface area contributed by atoms with Crippen molar-refractivity contribution in [2.75, 3.05) is 27.4 Å². The number of halogens is 3. The molecule has 0 bridgehead atoms. The fourth-order valence-electron chi connectivity index (χ4n) is 6.66. The van der Waals surface area contributed by atoms with Crippen molar-refractivity contribution in [1.82, 2.24) is 4.67 Å². The van der Waals surface area contributed by atoms with E-state index in [0.717, 1.165) is 16.7 Å². The van der Waals surface area contributed by atoms with Gasteiger partial charge in [-0.05, 0) is 97.3 Å². The van der Waals surface area contributed by atoms with Gasteiger partial charge in [-0.15, -0.1) is 0 Å². The predicted molar refractivity (Wildman–Crippen MR) is 210 cm³/mol. The monoisotopic (exact) mass is 858 g/mol. The van der Waals surface area contributed by atoms with Crippen molar-refractivity contribution < 1.29 is 36.8 Å². The lowest BCUT2D eigenvalue weighted by molar-refractivity contribution is -0.0810. The van der Waals surface area contributed by atoms with Gasteiger partial charge in [0, 0.05) is 24.1 Å². The van der Waals surface area contributed by atoms with Crippen LogP contribution < -0.4 is 9.47 Å². The van der Waals surface area contributed by atoms with E-state index in [1.54, 1.807) is 36.8 Å². The average molecular weight is 859 g/mol. The zero-order chi connectivity index (χ0) is 38.1. The molecular formula is C41H46F2IN2O6P. The number of hydrogen-bond donors (Lipinski definition) is 0. The van der Waals surface area contributed by atoms with Crippen molar-refractivity contribution in [3.05, 3.63) is 128 Å². The molecule has 0 radical (unpaired) electrons. The minimum atomic E-state index is -1.68. The lowest BCUT2D eigenvalue weighted by Crippen LogP contribution is -2.39. The number of methoxy groups -OCH3 is 2. The van der Waals surface area contributed by atoms with Gasteiger partial charge in [0.2, 0.25) is 0 Å². The van der Waals surface area contributed by atoms with Crippen LogP contribution in [0.15, 0.2) is 91.0 Å². The molecular weight excluding hydrogens is 812 g/mol. The fourth-order valence-corrected chi connectivity index (χ4v) is 8.91. The molecule has 5 rings (SSSR count). The highest BCUT2D eigenvalue weighted by atomic mass is 127. The Balaban J connectivity index is 1.60. The second kappa shape index (κ2) is 18.9. The van der Waals surface area contributed by atoms with E-state index in [4.69, 9.17) is 28.0 Å². The number of benzene rings is 4. The van der Waals surface area contributed by atoms with Gasteiger partial charge in [0.1, 0.15) is 34.8 Å². The smallest absolute Gasteiger partial charge is 0.259 e. The van der Waals surface area contributed by atoms with Gasteiger partial charge in [0.25, 0.3) is 8.53 Å². The average Bonchev–Trinajstić information content (AvgIpc) is 3.56. The van der Waals surface area contributed by atoms with Crippen LogP contribution in [0, 0.1) is 26.5 Å². The van der Waals surface area contributed by atoms with Gasteiger partial charge >= 0.3 is 0 Å².